The van der Waals surface area contributed by atoms with E-state index >= 15 is 0 Å². The minimum absolute atomic E-state index is 0.236. The van der Waals surface area contributed by atoms with Gasteiger partial charge in [0, 0.05) is 21.5 Å². The fraction of sp³-hybridized carbons (Fsp3) is 0. The average Bonchev–Trinajstić information content (AvgIpc) is 0.999. The van der Waals surface area contributed by atoms with Gasteiger partial charge >= 0.3 is 0 Å². The predicted octanol–water partition coefficient (Wildman–Crippen LogP) is 16.8. The molecule has 60 heavy (non-hydrogen) atoms. The highest BCUT2D eigenvalue weighted by Crippen LogP contribution is 2.45. The van der Waals surface area contributed by atoms with Gasteiger partial charge in [0.2, 0.25) is 0 Å². The molecule has 0 spiro atoms. The number of benzene rings is 11. The number of para-hydroxylation sites is 1. The Morgan fingerprint density at radius 3 is 1.43 bits per heavy atom. The lowest BCUT2D eigenvalue weighted by Crippen LogP contribution is -1.91. The molecule has 2 heteroatoms. The second kappa shape index (κ2) is 12.8. The Labute approximate surface area is 392 Å². The lowest BCUT2D eigenvalue weighted by Gasteiger charge is -2.18. The molecule has 2 nitrogen and oxygen atoms in total. The summed E-state index contributed by atoms with van der Waals surface area (Å²) in [5, 5.41) is -7.45. The number of hydrogen-bond donors (Lipinski definition) is 0. The van der Waals surface area contributed by atoms with Gasteiger partial charge in [0.25, 0.3) is 0 Å². The summed E-state index contributed by atoms with van der Waals surface area (Å²) in [6.45, 7) is 0. The molecule has 0 aliphatic carbocycles. The van der Waals surface area contributed by atoms with Crippen molar-refractivity contribution in [1.29, 1.82) is 0 Å². The third kappa shape index (κ3) is 4.95. The zero-order valence-corrected chi connectivity index (χ0v) is 29.8. The zero-order chi connectivity index (χ0) is 68.9. The van der Waals surface area contributed by atoms with Crippen LogP contribution in [0.5, 0.6) is 0 Å². The molecule has 2 heterocycles. The van der Waals surface area contributed by atoms with Gasteiger partial charge in [0.05, 0.1) is 46.6 Å². The molecule has 0 atom stereocenters. The van der Waals surface area contributed by atoms with E-state index in [2.05, 4.69) is 0 Å². The molecular weight excluding hydrogens is 729 g/mol. The summed E-state index contributed by atoms with van der Waals surface area (Å²) in [5.74, 6) is 0. The van der Waals surface area contributed by atoms with Crippen molar-refractivity contribution in [2.24, 2.45) is 0 Å². The predicted molar refractivity (Wildman–Crippen MR) is 253 cm³/mol. The van der Waals surface area contributed by atoms with Crippen LogP contribution in [0.15, 0.2) is 214 Å². The maximum absolute atomic E-state index is 9.93. The Hall–Kier alpha value is -7.94. The van der Waals surface area contributed by atoms with Gasteiger partial charge in [-0.2, -0.15) is 0 Å². The highest BCUT2D eigenvalue weighted by molar-refractivity contribution is 6.26. The SMILES string of the molecule is [2H]c1c([2H])c(-c2c3c([2H])c([2H])c([2H])c([2H])c3c(-c3c([2H])c([2H])c4c([2H])c(-c5c([2H])c([2H])c6c(oc7c([2H])c([2H])c8oc9c([2H])c([2H])c([2H])c([2H])c9c8c76)c5[2H])c([2H])c([2H])c4c3[2H])c3c([2H])c([2H])c([2H])c([2H])c23)c([2H])c([2H])c1-c1c([2H])c([2H])c([2H])c2c([2H])c([2H])c([2H])c([2H])c12. The Kier molecular flexibility index (Phi) is 3.01. The lowest BCUT2D eigenvalue weighted by molar-refractivity contribution is 0.663. The van der Waals surface area contributed by atoms with Crippen LogP contribution >= 0.6 is 0 Å². The molecule has 0 aliphatic heterocycles. The molecule has 0 amide bonds. The Balaban J connectivity index is 1.14. The molecule has 0 bridgehead atoms. The van der Waals surface area contributed by atoms with Crippen molar-refractivity contribution in [3.63, 3.8) is 0 Å². The maximum atomic E-state index is 9.93. The Bertz CT molecular complexity index is 5790. The first-order chi connectivity index (χ1) is 43.9. The third-order valence-electron chi connectivity index (χ3n) is 10.0. The molecular formula is C58H34O2. The number of fused-ring (bicyclic) bond motifs is 11. The third-order valence-corrected chi connectivity index (χ3v) is 10.0. The molecule has 0 N–H and O–H groups in total. The average molecular weight is 797 g/mol. The van der Waals surface area contributed by atoms with E-state index in [0.717, 1.165) is 0 Å². The number of hydrogen-bond acceptors (Lipinski definition) is 2. The fourth-order valence-electron chi connectivity index (χ4n) is 7.43. The van der Waals surface area contributed by atoms with E-state index < -0.39 is 321 Å². The van der Waals surface area contributed by atoms with Crippen molar-refractivity contribution in [3.8, 4) is 44.5 Å². The van der Waals surface area contributed by atoms with Crippen LogP contribution in [0.3, 0.4) is 0 Å². The molecule has 0 fully saturated rings. The van der Waals surface area contributed by atoms with Crippen LogP contribution in [-0.2, 0) is 0 Å². The van der Waals surface area contributed by atoms with Crippen LogP contribution in [0, 0.1) is 0 Å². The van der Waals surface area contributed by atoms with Gasteiger partial charge in [-0.3, -0.25) is 0 Å². The van der Waals surface area contributed by atoms with Crippen molar-refractivity contribution < 1.29 is 55.4 Å². The monoisotopic (exact) mass is 796 g/mol. The summed E-state index contributed by atoms with van der Waals surface area (Å²) in [6, 6.07) is -32.6. The topological polar surface area (TPSA) is 26.3 Å². The minimum atomic E-state index is -1.16. The van der Waals surface area contributed by atoms with Gasteiger partial charge in [0.15, 0.2) is 0 Å². The molecule has 0 aliphatic rings. The van der Waals surface area contributed by atoms with Crippen molar-refractivity contribution >= 4 is 87.0 Å². The number of rotatable bonds is 4. The first-order valence-corrected chi connectivity index (χ1v) is 17.8. The van der Waals surface area contributed by atoms with E-state index in [0.29, 0.717) is 0 Å². The van der Waals surface area contributed by atoms with Gasteiger partial charge in [-0.15, -0.1) is 0 Å². The molecule has 13 rings (SSSR count). The van der Waals surface area contributed by atoms with Crippen molar-refractivity contribution in [3.05, 3.63) is 205 Å². The first-order valence-electron chi connectivity index (χ1n) is 34.8. The van der Waals surface area contributed by atoms with Crippen LogP contribution in [0.1, 0.15) is 46.6 Å². The maximum Gasteiger partial charge on any atom is 0.136 e. The zero-order valence-electron chi connectivity index (χ0n) is 63.8. The highest BCUT2D eigenvalue weighted by atomic mass is 16.3. The van der Waals surface area contributed by atoms with Gasteiger partial charge in [-0.05, 0) is 130 Å². The van der Waals surface area contributed by atoms with Crippen LogP contribution in [0.25, 0.3) is 131 Å². The standard InChI is InChI=1S/C58H34O2/c1-2-12-43-35(10-1)11-9-18-44(43)36-20-22-37(23-21-36)55-45-13-3-5-15-47(45)56(48-16-6-4-14-46(48)55)42-27-26-38-32-39(24-25-40(38)33-42)41-28-29-50-54(34-41)60-53-31-30-52-57(58(50)53)49-17-7-8-19-51(49)59-52/h1-34H/i1D,2D,3D,4D,5D,6D,7D,8D,9D,10D,11D,12D,13D,14D,15D,16D,17D,18D,19D,20D,21D,22D,23D,24D,25D,26D,27D,28D,29D,30D,31D,32D,33D,34D. The summed E-state index contributed by atoms with van der Waals surface area (Å²) >= 11 is 0. The van der Waals surface area contributed by atoms with Gasteiger partial charge in [-0.1, -0.05) is 163 Å². The van der Waals surface area contributed by atoms with Crippen LogP contribution in [0.2, 0.25) is 0 Å². The Morgan fingerprint density at radius 2 is 0.733 bits per heavy atom. The summed E-state index contributed by atoms with van der Waals surface area (Å²) in [6.07, 6.45) is 0. The molecule has 0 radical (unpaired) electrons. The van der Waals surface area contributed by atoms with Gasteiger partial charge in [0.1, 0.15) is 22.3 Å². The summed E-state index contributed by atoms with van der Waals surface area (Å²) in [5.41, 5.74) is -8.71. The summed E-state index contributed by atoms with van der Waals surface area (Å²) in [4.78, 5) is 0. The van der Waals surface area contributed by atoms with E-state index in [1.807, 2.05) is 0 Å². The van der Waals surface area contributed by atoms with E-state index in [9.17, 15) is 23.3 Å². The molecule has 278 valence electrons. The molecule has 2 aromatic heterocycles. The van der Waals surface area contributed by atoms with Gasteiger partial charge < -0.3 is 8.83 Å². The van der Waals surface area contributed by atoms with E-state index in [-0.39, 0.29) is 16.2 Å². The van der Waals surface area contributed by atoms with Crippen LogP contribution < -0.4 is 0 Å². The van der Waals surface area contributed by atoms with E-state index in [1.54, 1.807) is 0 Å². The van der Waals surface area contributed by atoms with Crippen molar-refractivity contribution in [1.82, 2.24) is 0 Å². The second-order valence-electron chi connectivity index (χ2n) is 13.3. The second-order valence-corrected chi connectivity index (χ2v) is 13.3. The van der Waals surface area contributed by atoms with Crippen LogP contribution in [0.4, 0.5) is 0 Å². The van der Waals surface area contributed by atoms with Crippen molar-refractivity contribution in [2.75, 3.05) is 0 Å². The summed E-state index contributed by atoms with van der Waals surface area (Å²) in [7, 11) is 0. The minimum Gasteiger partial charge on any atom is -0.456 e. The molecule has 0 saturated heterocycles. The highest BCUT2D eigenvalue weighted by Gasteiger charge is 2.19. The van der Waals surface area contributed by atoms with Gasteiger partial charge in [-0.25, -0.2) is 0 Å². The molecule has 0 unspecified atom stereocenters. The largest absolute Gasteiger partial charge is 0.456 e. The van der Waals surface area contributed by atoms with Crippen molar-refractivity contribution in [2.45, 2.75) is 0 Å². The van der Waals surface area contributed by atoms with Crippen LogP contribution in [-0.4, -0.2) is 0 Å². The molecule has 0 saturated carbocycles. The van der Waals surface area contributed by atoms with E-state index in [1.165, 1.54) is 0 Å². The normalized spacial score (nSPS) is 19.9. The summed E-state index contributed by atoms with van der Waals surface area (Å²) < 4.78 is 322. The van der Waals surface area contributed by atoms with E-state index in [4.69, 9.17) is 32.1 Å². The number of furan rings is 2. The Morgan fingerprint density at radius 1 is 0.267 bits per heavy atom. The molecule has 11 aromatic carbocycles. The molecule has 13 aromatic rings. The lowest BCUT2D eigenvalue weighted by atomic mass is 9.85. The first kappa shape index (κ1) is 14.1. The smallest absolute Gasteiger partial charge is 0.136 e. The quantitative estimate of drug-likeness (QED) is 0.166. The fourth-order valence-corrected chi connectivity index (χ4v) is 7.43.